The van der Waals surface area contributed by atoms with Gasteiger partial charge in [-0.25, -0.2) is 4.79 Å². The first-order valence-electron chi connectivity index (χ1n) is 6.14. The first-order chi connectivity index (χ1) is 10.5. The molecule has 0 aliphatic heterocycles. The molecule has 0 bridgehead atoms. The van der Waals surface area contributed by atoms with Crippen molar-refractivity contribution in [3.05, 3.63) is 62.5 Å². The highest BCUT2D eigenvalue weighted by atomic mass is 79.9. The second-order valence-electron chi connectivity index (χ2n) is 4.24. The summed E-state index contributed by atoms with van der Waals surface area (Å²) in [6.45, 7) is -0.422. The summed E-state index contributed by atoms with van der Waals surface area (Å²) in [6.07, 6.45) is 0. The maximum Gasteiger partial charge on any atom is 0.340 e. The molecule has 7 heteroatoms. The van der Waals surface area contributed by atoms with Crippen LogP contribution in [-0.2, 0) is 9.53 Å². The van der Waals surface area contributed by atoms with Gasteiger partial charge in [-0.1, -0.05) is 51.3 Å². The van der Waals surface area contributed by atoms with Crippen molar-refractivity contribution in [2.24, 2.45) is 0 Å². The van der Waals surface area contributed by atoms with Gasteiger partial charge >= 0.3 is 5.97 Å². The molecule has 4 nitrogen and oxygen atoms in total. The summed E-state index contributed by atoms with van der Waals surface area (Å²) in [5.41, 5.74) is 0.709. The third kappa shape index (κ3) is 4.47. The third-order valence-electron chi connectivity index (χ3n) is 2.61. The molecule has 0 spiro atoms. The predicted molar refractivity (Wildman–Crippen MR) is 89.5 cm³/mol. The Morgan fingerprint density at radius 3 is 2.59 bits per heavy atom. The lowest BCUT2D eigenvalue weighted by Gasteiger charge is -2.08. The molecule has 0 aromatic heterocycles. The van der Waals surface area contributed by atoms with Crippen LogP contribution < -0.4 is 5.32 Å². The molecule has 0 fully saturated rings. The second kappa shape index (κ2) is 7.63. The number of anilines is 1. The van der Waals surface area contributed by atoms with Crippen LogP contribution in [0.15, 0.2) is 46.9 Å². The second-order valence-corrected chi connectivity index (χ2v) is 5.94. The SMILES string of the molecule is O=C(COC(=O)c1cccc(Cl)c1Cl)Nc1cccc(Br)c1. The smallest absolute Gasteiger partial charge is 0.340 e. The molecule has 2 aromatic carbocycles. The molecule has 0 aliphatic carbocycles. The van der Waals surface area contributed by atoms with Crippen LogP contribution in [0.2, 0.25) is 10.0 Å². The van der Waals surface area contributed by atoms with Gasteiger partial charge in [0.1, 0.15) is 0 Å². The monoisotopic (exact) mass is 401 g/mol. The first-order valence-corrected chi connectivity index (χ1v) is 7.69. The normalized spacial score (nSPS) is 10.1. The van der Waals surface area contributed by atoms with Gasteiger partial charge in [0.25, 0.3) is 5.91 Å². The van der Waals surface area contributed by atoms with Crippen LogP contribution in [0, 0.1) is 0 Å². The van der Waals surface area contributed by atoms with Gasteiger partial charge in [-0.05, 0) is 30.3 Å². The van der Waals surface area contributed by atoms with Gasteiger partial charge in [0, 0.05) is 10.2 Å². The summed E-state index contributed by atoms with van der Waals surface area (Å²) < 4.78 is 5.75. The van der Waals surface area contributed by atoms with Crippen molar-refractivity contribution < 1.29 is 14.3 Å². The van der Waals surface area contributed by atoms with Crippen molar-refractivity contribution in [3.63, 3.8) is 0 Å². The molecule has 0 saturated heterocycles. The Hall–Kier alpha value is -1.56. The molecule has 0 aliphatic rings. The summed E-state index contributed by atoms with van der Waals surface area (Å²) in [6, 6.07) is 11.7. The largest absolute Gasteiger partial charge is 0.452 e. The standard InChI is InChI=1S/C15H10BrCl2NO3/c16-9-3-1-4-10(7-9)19-13(20)8-22-15(21)11-5-2-6-12(17)14(11)18/h1-7H,8H2,(H,19,20). The average Bonchev–Trinajstić information content (AvgIpc) is 2.47. The number of benzene rings is 2. The zero-order valence-electron chi connectivity index (χ0n) is 11.1. The van der Waals surface area contributed by atoms with Crippen LogP contribution in [0.3, 0.4) is 0 Å². The Bertz CT molecular complexity index is 722. The van der Waals surface area contributed by atoms with Crippen LogP contribution in [0.4, 0.5) is 5.69 Å². The van der Waals surface area contributed by atoms with Crippen LogP contribution in [0.1, 0.15) is 10.4 Å². The van der Waals surface area contributed by atoms with E-state index in [9.17, 15) is 9.59 Å². The molecule has 0 unspecified atom stereocenters. The van der Waals surface area contributed by atoms with Gasteiger partial charge in [0.15, 0.2) is 6.61 Å². The van der Waals surface area contributed by atoms with E-state index < -0.39 is 18.5 Å². The fraction of sp³-hybridized carbons (Fsp3) is 0.0667. The molecule has 1 amide bonds. The van der Waals surface area contributed by atoms with Crippen molar-refractivity contribution in [1.82, 2.24) is 0 Å². The summed E-state index contributed by atoms with van der Waals surface area (Å²) in [4.78, 5) is 23.6. The van der Waals surface area contributed by atoms with Crippen LogP contribution in [0.5, 0.6) is 0 Å². The molecule has 2 rings (SSSR count). The number of rotatable bonds is 4. The fourth-order valence-corrected chi connectivity index (χ4v) is 2.41. The zero-order chi connectivity index (χ0) is 16.1. The van der Waals surface area contributed by atoms with Crippen molar-refractivity contribution in [2.75, 3.05) is 11.9 Å². The maximum absolute atomic E-state index is 11.9. The van der Waals surface area contributed by atoms with E-state index in [1.807, 2.05) is 6.07 Å². The summed E-state index contributed by atoms with van der Waals surface area (Å²) in [5.74, 6) is -1.17. The molecule has 1 N–H and O–H groups in total. The first kappa shape index (κ1) is 16.8. The van der Waals surface area contributed by atoms with E-state index >= 15 is 0 Å². The molecule has 114 valence electrons. The van der Waals surface area contributed by atoms with Crippen LogP contribution in [0.25, 0.3) is 0 Å². The minimum Gasteiger partial charge on any atom is -0.452 e. The van der Waals surface area contributed by atoms with Gasteiger partial charge in [0.2, 0.25) is 0 Å². The van der Waals surface area contributed by atoms with Gasteiger partial charge in [-0.15, -0.1) is 0 Å². The molecule has 2 aromatic rings. The number of carbonyl (C=O) groups is 2. The number of esters is 1. The van der Waals surface area contributed by atoms with Crippen LogP contribution in [-0.4, -0.2) is 18.5 Å². The lowest BCUT2D eigenvalue weighted by molar-refractivity contribution is -0.119. The maximum atomic E-state index is 11.9. The quantitative estimate of drug-likeness (QED) is 0.763. The Labute approximate surface area is 145 Å². The number of carbonyl (C=O) groups excluding carboxylic acids is 2. The van der Waals surface area contributed by atoms with Crippen molar-refractivity contribution in [3.8, 4) is 0 Å². The summed E-state index contributed by atoms with van der Waals surface area (Å²) >= 11 is 15.0. The highest BCUT2D eigenvalue weighted by Crippen LogP contribution is 2.26. The molecule has 0 heterocycles. The zero-order valence-corrected chi connectivity index (χ0v) is 14.2. The molecule has 0 saturated carbocycles. The van der Waals surface area contributed by atoms with Crippen molar-refractivity contribution in [2.45, 2.75) is 0 Å². The Balaban J connectivity index is 1.93. The number of amides is 1. The summed E-state index contributed by atoms with van der Waals surface area (Å²) in [5, 5.41) is 2.95. The van der Waals surface area contributed by atoms with E-state index in [2.05, 4.69) is 21.2 Å². The van der Waals surface area contributed by atoms with Gasteiger partial charge in [-0.3, -0.25) is 4.79 Å². The predicted octanol–water partition coefficient (Wildman–Crippen LogP) is 4.55. The molecule has 0 atom stereocenters. The van der Waals surface area contributed by atoms with E-state index in [0.29, 0.717) is 5.69 Å². The molecular weight excluding hydrogens is 393 g/mol. The van der Waals surface area contributed by atoms with Crippen molar-refractivity contribution >= 4 is 56.7 Å². The van der Waals surface area contributed by atoms with Gasteiger partial charge in [0.05, 0.1) is 15.6 Å². The highest BCUT2D eigenvalue weighted by Gasteiger charge is 2.15. The Morgan fingerprint density at radius 2 is 1.86 bits per heavy atom. The number of ether oxygens (including phenoxy) is 1. The lowest BCUT2D eigenvalue weighted by Crippen LogP contribution is -2.21. The number of hydrogen-bond acceptors (Lipinski definition) is 3. The van der Waals surface area contributed by atoms with Gasteiger partial charge < -0.3 is 10.1 Å². The van der Waals surface area contributed by atoms with Gasteiger partial charge in [-0.2, -0.15) is 0 Å². The van der Waals surface area contributed by atoms with Crippen LogP contribution >= 0.6 is 39.1 Å². The topological polar surface area (TPSA) is 55.4 Å². The minimum atomic E-state index is -0.711. The van der Waals surface area contributed by atoms with E-state index in [-0.39, 0.29) is 15.6 Å². The van der Waals surface area contributed by atoms with E-state index in [1.165, 1.54) is 6.07 Å². The summed E-state index contributed by atoms with van der Waals surface area (Å²) in [7, 11) is 0. The molecule has 22 heavy (non-hydrogen) atoms. The number of hydrogen-bond donors (Lipinski definition) is 1. The highest BCUT2D eigenvalue weighted by molar-refractivity contribution is 9.10. The molecule has 0 radical (unpaired) electrons. The Morgan fingerprint density at radius 1 is 1.14 bits per heavy atom. The number of halogens is 3. The fourth-order valence-electron chi connectivity index (χ4n) is 1.63. The third-order valence-corrected chi connectivity index (χ3v) is 3.93. The minimum absolute atomic E-state index is 0.0987. The Kier molecular flexibility index (Phi) is 5.83. The average molecular weight is 403 g/mol. The van der Waals surface area contributed by atoms with E-state index in [4.69, 9.17) is 27.9 Å². The lowest BCUT2D eigenvalue weighted by atomic mass is 10.2. The van der Waals surface area contributed by atoms with Crippen molar-refractivity contribution in [1.29, 1.82) is 0 Å². The van der Waals surface area contributed by atoms with E-state index in [0.717, 1.165) is 4.47 Å². The van der Waals surface area contributed by atoms with E-state index in [1.54, 1.807) is 30.3 Å². The number of nitrogens with one attached hydrogen (secondary N) is 1. The molecular formula is C15H10BrCl2NO3.